The summed E-state index contributed by atoms with van der Waals surface area (Å²) in [5, 5.41) is 53.7. The van der Waals surface area contributed by atoms with Gasteiger partial charge in [-0.15, -0.1) is 0 Å². The molecule has 12 rings (SSSR count). The van der Waals surface area contributed by atoms with Gasteiger partial charge >= 0.3 is 0 Å². The highest BCUT2D eigenvalue weighted by Gasteiger charge is 2.58. The second kappa shape index (κ2) is 22.7. The van der Waals surface area contributed by atoms with Gasteiger partial charge in [0.15, 0.2) is 11.5 Å². The molecule has 2 aliphatic carbocycles. The van der Waals surface area contributed by atoms with Gasteiger partial charge in [-0.2, -0.15) is 0 Å². The molecule has 1 saturated carbocycles. The van der Waals surface area contributed by atoms with Crippen LogP contribution in [0.15, 0.2) is 127 Å². The van der Waals surface area contributed by atoms with Crippen molar-refractivity contribution in [1.82, 2.24) is 15.2 Å². The minimum absolute atomic E-state index is 0.0642. The predicted octanol–water partition coefficient (Wildman–Crippen LogP) is 11.6. The summed E-state index contributed by atoms with van der Waals surface area (Å²) < 4.78 is 28.7. The van der Waals surface area contributed by atoms with Gasteiger partial charge in [-0.1, -0.05) is 91.8 Å². The van der Waals surface area contributed by atoms with Crippen LogP contribution >= 0.6 is 0 Å². The maximum atomic E-state index is 11.8. The lowest BCUT2D eigenvalue weighted by atomic mass is 9.51. The van der Waals surface area contributed by atoms with E-state index in [0.717, 1.165) is 120 Å². The van der Waals surface area contributed by atoms with Gasteiger partial charge in [0, 0.05) is 71.7 Å². The van der Waals surface area contributed by atoms with Crippen LogP contribution in [0.5, 0.6) is 23.0 Å². The molecule has 5 heterocycles. The van der Waals surface area contributed by atoms with Crippen LogP contribution in [-0.2, 0) is 51.9 Å². The molecular weight excluding hydrogens is 975 g/mol. The van der Waals surface area contributed by atoms with Crippen LogP contribution in [-0.4, -0.2) is 76.0 Å². The third-order valence-corrected chi connectivity index (χ3v) is 18.2. The van der Waals surface area contributed by atoms with Crippen molar-refractivity contribution in [3.63, 3.8) is 0 Å². The zero-order chi connectivity index (χ0) is 53.2. The average molecular weight is 1050 g/mol. The summed E-state index contributed by atoms with van der Waals surface area (Å²) in [5.74, 6) is 9.71. The maximum Gasteiger partial charge on any atom is 0.161 e. The number of hydrogen-bond donors (Lipinski definition) is 6. The first-order chi connectivity index (χ1) is 38.1. The molecule has 0 radical (unpaired) electrons. The lowest BCUT2D eigenvalue weighted by Gasteiger charge is -2.59. The number of nitrogens with zero attached hydrogens (tertiary/aromatic N) is 1. The van der Waals surface area contributed by atoms with Crippen molar-refractivity contribution < 1.29 is 39.4 Å². The molecule has 0 amide bonds. The van der Waals surface area contributed by atoms with Crippen molar-refractivity contribution in [3.05, 3.63) is 171 Å². The second-order valence-corrected chi connectivity index (χ2v) is 23.1. The number of fused-ring (bicyclic) bond motifs is 10. The minimum Gasteiger partial charge on any atom is -0.508 e. The summed E-state index contributed by atoms with van der Waals surface area (Å²) in [5.41, 5.74) is 10.4. The molecule has 11 nitrogen and oxygen atoms in total. The van der Waals surface area contributed by atoms with Crippen LogP contribution < -0.4 is 15.4 Å². The summed E-state index contributed by atoms with van der Waals surface area (Å²) in [6.07, 6.45) is 20.6. The molecule has 6 N–H and O–H groups in total. The highest BCUT2D eigenvalue weighted by Crippen LogP contribution is 2.59. The second-order valence-electron chi connectivity index (χ2n) is 23.1. The van der Waals surface area contributed by atoms with E-state index in [0.29, 0.717) is 50.7 Å². The molecule has 5 aromatic carbocycles. The van der Waals surface area contributed by atoms with Gasteiger partial charge in [-0.05, 0) is 170 Å². The van der Waals surface area contributed by atoms with Crippen molar-refractivity contribution in [3.8, 4) is 34.8 Å². The van der Waals surface area contributed by atoms with Crippen molar-refractivity contribution in [2.75, 3.05) is 27.1 Å². The Bertz CT molecular complexity index is 3280. The van der Waals surface area contributed by atoms with Crippen molar-refractivity contribution >= 4 is 16.6 Å². The lowest BCUT2D eigenvalue weighted by Crippen LogP contribution is -2.59. The quantitative estimate of drug-likeness (QED) is 0.0611. The molecule has 4 aliphatic heterocycles. The summed E-state index contributed by atoms with van der Waals surface area (Å²) in [7, 11) is 1.69. The highest BCUT2D eigenvalue weighted by atomic mass is 16.5. The third kappa shape index (κ3) is 10.7. The number of aliphatic hydroxyl groups is 1. The van der Waals surface area contributed by atoms with Gasteiger partial charge in [0.1, 0.15) is 30.1 Å². The first-order valence-corrected chi connectivity index (χ1v) is 28.8. The van der Waals surface area contributed by atoms with Gasteiger partial charge in [0.05, 0.1) is 31.1 Å². The molecule has 1 spiro atoms. The Balaban J connectivity index is 0.974. The van der Waals surface area contributed by atoms with E-state index in [4.69, 9.17) is 18.9 Å². The zero-order valence-corrected chi connectivity index (χ0v) is 45.1. The Hall–Kier alpha value is -6.52. The van der Waals surface area contributed by atoms with E-state index in [2.05, 4.69) is 88.0 Å². The van der Waals surface area contributed by atoms with Gasteiger partial charge < -0.3 is 49.3 Å². The van der Waals surface area contributed by atoms with E-state index in [9.17, 15) is 20.4 Å². The number of phenols is 3. The summed E-state index contributed by atoms with van der Waals surface area (Å²) >= 11 is 0. The minimum atomic E-state index is -0.614. The molecule has 6 aliphatic rings. The number of dihydropyridines is 1. The first kappa shape index (κ1) is 52.2. The van der Waals surface area contributed by atoms with E-state index in [-0.39, 0.29) is 59.7 Å². The number of aromatic hydroxyl groups is 3. The maximum absolute atomic E-state index is 11.8. The number of nitrogens with one attached hydrogen (secondary N) is 2. The number of hydrogen-bond acceptors (Lipinski definition) is 10. The summed E-state index contributed by atoms with van der Waals surface area (Å²) in [4.78, 5) is 0. The first-order valence-electron chi connectivity index (χ1n) is 28.8. The van der Waals surface area contributed by atoms with Crippen LogP contribution in [0.2, 0.25) is 0 Å². The number of rotatable bonds is 9. The number of methoxy groups -OCH3 is 1. The zero-order valence-electron chi connectivity index (χ0n) is 45.1. The Morgan fingerprint density at radius 2 is 1.69 bits per heavy atom. The summed E-state index contributed by atoms with van der Waals surface area (Å²) in [6, 6.07) is 32.7. The number of aryl methyl sites for hydroxylation is 3. The fourth-order valence-corrected chi connectivity index (χ4v) is 14.3. The standard InChI is InChI=1S/C67H75N3O8/c1-75-43-68-64-37-49-21-17-44(15-16-45-19-24-60(73)50(31-45)32-47-10-7-12-54(71)33-47)9-8-13-56-38-55(72)23-18-46-20-25-61(74)62(34-46)77-41-52-36-53(35-51-39-70(40-57(51)52)65(69-64)58(49)42-76-56)67-29-30-78-66(27-5-2-6-28-66)63(67)26-22-48-11-3-4-14-59(48)67/h3-4,7,10-12,14,19-20,24-25,31,33-37,39-40,44,55-56,63-64,68-69,71-74H,2,5-6,8-9,13,15-16,18,22-23,26-30,32,38,41-43H2,1H3/t44-,55-,56+,63-,64?,67+/m1/s1. The number of ether oxygens (including phenoxy) is 4. The molecule has 1 aromatic heterocycles. The topological polar surface area (TPSA) is 147 Å². The Morgan fingerprint density at radius 3 is 2.58 bits per heavy atom. The number of aromatic nitrogens is 1. The SMILES string of the molecule is COCNC1C=C2C#C[C@@H](CCc3ccc(O)c(Cc4cccc(O)c4)c3)CCC[C@H]3C[C@H](O)CCc4ccc(O)c(c4)OCc4cc([C@]56CCOC7(CCCCC7)[C@H]5CCc5ccccc56)cc5cn(cc45)C(=C2CO3)N1. The van der Waals surface area contributed by atoms with Crippen LogP contribution in [0.25, 0.3) is 16.6 Å². The van der Waals surface area contributed by atoms with Crippen LogP contribution in [0, 0.1) is 23.7 Å². The number of phenolic OH excluding ortho intramolecular Hbond substituents is 3. The molecule has 6 aromatic rings. The lowest BCUT2D eigenvalue weighted by molar-refractivity contribution is -0.166. The largest absolute Gasteiger partial charge is 0.508 e. The number of aliphatic hydroxyl groups excluding tert-OH is 1. The number of benzene rings is 5. The monoisotopic (exact) mass is 1050 g/mol. The van der Waals surface area contributed by atoms with E-state index in [1.165, 1.54) is 36.0 Å². The fourth-order valence-electron chi connectivity index (χ4n) is 14.3. The van der Waals surface area contributed by atoms with E-state index < -0.39 is 6.10 Å². The summed E-state index contributed by atoms with van der Waals surface area (Å²) in [6.45, 7) is 1.55. The molecular formula is C67H75N3O8. The van der Waals surface area contributed by atoms with Crippen molar-refractivity contribution in [1.29, 1.82) is 0 Å². The molecule has 6 atom stereocenters. The normalized spacial score (nSPS) is 25.1. The smallest absolute Gasteiger partial charge is 0.161 e. The fraction of sp³-hybridized carbons (Fsp3) is 0.433. The van der Waals surface area contributed by atoms with Crippen molar-refractivity contribution in [2.45, 2.75) is 145 Å². The molecule has 406 valence electrons. The van der Waals surface area contributed by atoms with Gasteiger partial charge in [0.2, 0.25) is 0 Å². The molecule has 11 heteroatoms. The highest BCUT2D eigenvalue weighted by molar-refractivity contribution is 5.89. The van der Waals surface area contributed by atoms with Crippen LogP contribution in [0.4, 0.5) is 0 Å². The molecule has 6 bridgehead atoms. The van der Waals surface area contributed by atoms with Gasteiger partial charge in [-0.3, -0.25) is 5.32 Å². The molecule has 1 unspecified atom stereocenters. The molecule has 1 saturated heterocycles. The van der Waals surface area contributed by atoms with Crippen LogP contribution in [0.1, 0.15) is 128 Å². The van der Waals surface area contributed by atoms with E-state index in [1.54, 1.807) is 31.4 Å². The Morgan fingerprint density at radius 1 is 0.808 bits per heavy atom. The average Bonchev–Trinajstić information content (AvgIpc) is 3.28. The predicted molar refractivity (Wildman–Crippen MR) is 304 cm³/mol. The van der Waals surface area contributed by atoms with Crippen molar-refractivity contribution in [2.24, 2.45) is 11.8 Å². The Kier molecular flexibility index (Phi) is 15.2. The van der Waals surface area contributed by atoms with Gasteiger partial charge in [0.25, 0.3) is 0 Å². The third-order valence-electron chi connectivity index (χ3n) is 18.2. The van der Waals surface area contributed by atoms with Crippen LogP contribution in [0.3, 0.4) is 0 Å². The Labute approximate surface area is 459 Å². The molecule has 2 fully saturated rings. The van der Waals surface area contributed by atoms with E-state index >= 15 is 0 Å². The van der Waals surface area contributed by atoms with Gasteiger partial charge in [-0.25, -0.2) is 0 Å². The van der Waals surface area contributed by atoms with E-state index in [1.807, 2.05) is 30.3 Å². The molecule has 78 heavy (non-hydrogen) atoms.